The Bertz CT molecular complexity index is 432. The summed E-state index contributed by atoms with van der Waals surface area (Å²) in [6, 6.07) is 3.50. The molecule has 0 saturated carbocycles. The summed E-state index contributed by atoms with van der Waals surface area (Å²) in [5, 5.41) is 2.81. The lowest BCUT2D eigenvalue weighted by Gasteiger charge is -2.03. The second-order valence-corrected chi connectivity index (χ2v) is 4.22. The fourth-order valence-corrected chi connectivity index (χ4v) is 1.60. The first-order chi connectivity index (χ1) is 9.13. The van der Waals surface area contributed by atoms with Crippen molar-refractivity contribution in [2.24, 2.45) is 0 Å². The van der Waals surface area contributed by atoms with Gasteiger partial charge < -0.3 is 10.1 Å². The highest BCUT2D eigenvalue weighted by atomic mass is 16.5. The molecule has 0 fully saturated rings. The van der Waals surface area contributed by atoms with Crippen LogP contribution in [0.2, 0.25) is 0 Å². The van der Waals surface area contributed by atoms with E-state index < -0.39 is 0 Å². The number of Topliss-reactive ketones (excluding diaryl/α,β-unsaturated/α-hetero) is 1. The van der Waals surface area contributed by atoms with Gasteiger partial charge in [0.05, 0.1) is 5.56 Å². The standard InChI is InChI=1S/C14H20N2O3/c1-3-19-9-5-7-15-14(18)11-16-8-4-6-13(10-16)12(2)17/h4,6,8,10H,3,5,7,9,11H2,1-2H3/p+1. The molecule has 1 aromatic heterocycles. The van der Waals surface area contributed by atoms with Gasteiger partial charge in [-0.05, 0) is 26.3 Å². The molecule has 0 aliphatic carbocycles. The highest BCUT2D eigenvalue weighted by Gasteiger charge is 2.10. The molecule has 1 N–H and O–H groups in total. The number of hydrogen-bond donors (Lipinski definition) is 1. The summed E-state index contributed by atoms with van der Waals surface area (Å²) >= 11 is 0. The summed E-state index contributed by atoms with van der Waals surface area (Å²) in [6.45, 7) is 5.62. The zero-order chi connectivity index (χ0) is 14.1. The lowest BCUT2D eigenvalue weighted by atomic mass is 10.2. The van der Waals surface area contributed by atoms with E-state index >= 15 is 0 Å². The first kappa shape index (κ1) is 15.3. The maximum Gasteiger partial charge on any atom is 0.285 e. The van der Waals surface area contributed by atoms with E-state index in [1.807, 2.05) is 6.92 Å². The molecule has 19 heavy (non-hydrogen) atoms. The Morgan fingerprint density at radius 1 is 1.42 bits per heavy atom. The molecule has 0 aromatic carbocycles. The molecule has 1 heterocycles. The minimum Gasteiger partial charge on any atom is -0.382 e. The molecular formula is C14H21N2O3+. The van der Waals surface area contributed by atoms with E-state index in [0.29, 0.717) is 25.3 Å². The Balaban J connectivity index is 2.35. The van der Waals surface area contributed by atoms with Gasteiger partial charge in [-0.3, -0.25) is 9.59 Å². The topological polar surface area (TPSA) is 59.3 Å². The number of rotatable bonds is 8. The Morgan fingerprint density at radius 2 is 2.21 bits per heavy atom. The van der Waals surface area contributed by atoms with E-state index in [-0.39, 0.29) is 18.2 Å². The summed E-state index contributed by atoms with van der Waals surface area (Å²) in [5.74, 6) is -0.0753. The van der Waals surface area contributed by atoms with Crippen molar-refractivity contribution < 1.29 is 18.9 Å². The van der Waals surface area contributed by atoms with Gasteiger partial charge in [-0.25, -0.2) is 0 Å². The summed E-state index contributed by atoms with van der Waals surface area (Å²) < 4.78 is 6.88. The molecule has 0 radical (unpaired) electrons. The van der Waals surface area contributed by atoms with E-state index in [2.05, 4.69) is 5.32 Å². The summed E-state index contributed by atoms with van der Waals surface area (Å²) in [6.07, 6.45) is 4.26. The fraction of sp³-hybridized carbons (Fsp3) is 0.500. The maximum absolute atomic E-state index is 11.7. The molecule has 0 spiro atoms. The number of ether oxygens (including phenoxy) is 1. The normalized spacial score (nSPS) is 10.2. The Hall–Kier alpha value is -1.75. The molecular weight excluding hydrogens is 244 g/mol. The van der Waals surface area contributed by atoms with Crippen molar-refractivity contribution in [3.05, 3.63) is 30.1 Å². The Labute approximate surface area is 113 Å². The molecule has 1 aromatic rings. The molecule has 5 nitrogen and oxygen atoms in total. The number of carbonyl (C=O) groups excluding carboxylic acids is 2. The molecule has 1 rings (SSSR count). The summed E-state index contributed by atoms with van der Waals surface area (Å²) in [4.78, 5) is 22.9. The minimum absolute atomic E-state index is 0.00790. The highest BCUT2D eigenvalue weighted by molar-refractivity contribution is 5.93. The number of nitrogens with one attached hydrogen (secondary N) is 1. The molecule has 0 aliphatic heterocycles. The quantitative estimate of drug-likeness (QED) is 0.428. The highest BCUT2D eigenvalue weighted by Crippen LogP contribution is 1.94. The van der Waals surface area contributed by atoms with Crippen molar-refractivity contribution in [1.82, 2.24) is 5.32 Å². The van der Waals surface area contributed by atoms with Crippen molar-refractivity contribution in [3.8, 4) is 0 Å². The van der Waals surface area contributed by atoms with Crippen LogP contribution in [-0.2, 0) is 16.1 Å². The molecule has 0 saturated heterocycles. The lowest BCUT2D eigenvalue weighted by Crippen LogP contribution is -2.43. The van der Waals surface area contributed by atoms with Gasteiger partial charge in [0.25, 0.3) is 5.91 Å². The zero-order valence-electron chi connectivity index (χ0n) is 11.5. The average Bonchev–Trinajstić information content (AvgIpc) is 2.38. The number of aromatic nitrogens is 1. The van der Waals surface area contributed by atoms with Crippen LogP contribution in [0.1, 0.15) is 30.6 Å². The maximum atomic E-state index is 11.7. The van der Waals surface area contributed by atoms with Crippen LogP contribution >= 0.6 is 0 Å². The van der Waals surface area contributed by atoms with E-state index in [1.165, 1.54) is 6.92 Å². The van der Waals surface area contributed by atoms with Gasteiger partial charge in [-0.1, -0.05) is 0 Å². The van der Waals surface area contributed by atoms with Crippen molar-refractivity contribution in [2.75, 3.05) is 19.8 Å². The van der Waals surface area contributed by atoms with Gasteiger partial charge in [-0.15, -0.1) is 0 Å². The molecule has 0 bridgehead atoms. The number of ketones is 1. The minimum atomic E-state index is -0.0674. The number of amides is 1. The third kappa shape index (κ3) is 6.10. The van der Waals surface area contributed by atoms with Gasteiger partial charge in [0.15, 0.2) is 18.2 Å². The second-order valence-electron chi connectivity index (χ2n) is 4.22. The Morgan fingerprint density at radius 3 is 2.89 bits per heavy atom. The predicted octanol–water partition coefficient (Wildman–Crippen LogP) is 0.719. The smallest absolute Gasteiger partial charge is 0.285 e. The lowest BCUT2D eigenvalue weighted by molar-refractivity contribution is -0.684. The van der Waals surface area contributed by atoms with Crippen LogP contribution in [0.5, 0.6) is 0 Å². The molecule has 104 valence electrons. The molecule has 0 unspecified atom stereocenters. The summed E-state index contributed by atoms with van der Waals surface area (Å²) in [7, 11) is 0. The molecule has 0 aliphatic rings. The van der Waals surface area contributed by atoms with Crippen LogP contribution in [-0.4, -0.2) is 31.4 Å². The molecule has 5 heteroatoms. The third-order valence-electron chi connectivity index (χ3n) is 2.58. The van der Waals surface area contributed by atoms with E-state index in [9.17, 15) is 9.59 Å². The predicted molar refractivity (Wildman–Crippen MR) is 70.8 cm³/mol. The van der Waals surface area contributed by atoms with E-state index in [0.717, 1.165) is 6.42 Å². The van der Waals surface area contributed by atoms with Crippen molar-refractivity contribution in [3.63, 3.8) is 0 Å². The largest absolute Gasteiger partial charge is 0.382 e. The molecule has 1 amide bonds. The summed E-state index contributed by atoms with van der Waals surface area (Å²) in [5.41, 5.74) is 0.603. The monoisotopic (exact) mass is 265 g/mol. The van der Waals surface area contributed by atoms with Gasteiger partial charge in [0, 0.05) is 25.8 Å². The van der Waals surface area contributed by atoms with Crippen LogP contribution < -0.4 is 9.88 Å². The van der Waals surface area contributed by atoms with Crippen LogP contribution in [0.25, 0.3) is 0 Å². The Kier molecular flexibility index (Phi) is 6.74. The van der Waals surface area contributed by atoms with Gasteiger partial charge in [0.1, 0.15) is 0 Å². The van der Waals surface area contributed by atoms with Crippen molar-refractivity contribution >= 4 is 11.7 Å². The van der Waals surface area contributed by atoms with Crippen LogP contribution in [0.15, 0.2) is 24.5 Å². The van der Waals surface area contributed by atoms with Crippen LogP contribution in [0, 0.1) is 0 Å². The van der Waals surface area contributed by atoms with Gasteiger partial charge in [0.2, 0.25) is 6.54 Å². The van der Waals surface area contributed by atoms with E-state index in [4.69, 9.17) is 4.74 Å². The van der Waals surface area contributed by atoms with Crippen molar-refractivity contribution in [1.29, 1.82) is 0 Å². The van der Waals surface area contributed by atoms with Crippen LogP contribution in [0.3, 0.4) is 0 Å². The van der Waals surface area contributed by atoms with Gasteiger partial charge >= 0.3 is 0 Å². The van der Waals surface area contributed by atoms with E-state index in [1.54, 1.807) is 29.1 Å². The average molecular weight is 265 g/mol. The number of pyridine rings is 1. The zero-order valence-corrected chi connectivity index (χ0v) is 11.5. The molecule has 0 atom stereocenters. The number of hydrogen-bond acceptors (Lipinski definition) is 3. The first-order valence-corrected chi connectivity index (χ1v) is 6.48. The fourth-order valence-electron chi connectivity index (χ4n) is 1.60. The third-order valence-corrected chi connectivity index (χ3v) is 2.58. The number of nitrogens with zero attached hydrogens (tertiary/aromatic N) is 1. The van der Waals surface area contributed by atoms with Crippen LogP contribution in [0.4, 0.5) is 0 Å². The first-order valence-electron chi connectivity index (χ1n) is 6.48. The SMILES string of the molecule is CCOCCCNC(=O)C[n+]1cccc(C(C)=O)c1. The number of carbonyl (C=O) groups is 2. The van der Waals surface area contributed by atoms with Gasteiger partial charge in [-0.2, -0.15) is 4.57 Å². The second kappa shape index (κ2) is 8.37. The van der Waals surface area contributed by atoms with Crippen molar-refractivity contribution in [2.45, 2.75) is 26.8 Å².